The molecule has 1 nitrogen and oxygen atoms in total. The van der Waals surface area contributed by atoms with Gasteiger partial charge in [-0.25, -0.2) is 0 Å². The largest absolute Gasteiger partial charge is 0.305 e. The lowest BCUT2D eigenvalue weighted by molar-refractivity contribution is 0.602. The first kappa shape index (κ1) is 15.1. The molecule has 0 bridgehead atoms. The number of hydrogen-bond acceptors (Lipinski definition) is 2. The van der Waals surface area contributed by atoms with Gasteiger partial charge in [0.2, 0.25) is 0 Å². The van der Waals surface area contributed by atoms with Gasteiger partial charge in [0.25, 0.3) is 0 Å². The minimum atomic E-state index is 0.270. The van der Waals surface area contributed by atoms with Gasteiger partial charge in [-0.15, -0.1) is 0 Å². The maximum Gasteiger partial charge on any atom is 0.0579 e. The van der Waals surface area contributed by atoms with E-state index in [-0.39, 0.29) is 6.04 Å². The molecule has 0 spiro atoms. The Hall–Kier alpha value is -1.25. The number of benzene rings is 2. The van der Waals surface area contributed by atoms with Crippen molar-refractivity contribution in [2.75, 3.05) is 12.8 Å². The second-order valence-electron chi connectivity index (χ2n) is 5.15. The number of thioether (sulfide) groups is 1. The van der Waals surface area contributed by atoms with Crippen molar-refractivity contribution < 1.29 is 0 Å². The predicted molar refractivity (Wildman–Crippen MR) is 90.4 cm³/mol. The number of nitrogens with one attached hydrogen (secondary N) is 1. The molecule has 2 aromatic carbocycles. The summed E-state index contributed by atoms with van der Waals surface area (Å²) in [6, 6.07) is 19.6. The van der Waals surface area contributed by atoms with Crippen LogP contribution in [0.15, 0.2) is 54.6 Å². The van der Waals surface area contributed by atoms with E-state index < -0.39 is 0 Å². The predicted octanol–water partition coefficient (Wildman–Crippen LogP) is 4.43. The van der Waals surface area contributed by atoms with E-state index in [9.17, 15) is 0 Å². The molecule has 2 atom stereocenters. The summed E-state index contributed by atoms with van der Waals surface area (Å²) in [4.78, 5) is 0. The molecule has 2 aromatic rings. The minimum absolute atomic E-state index is 0.270. The highest BCUT2D eigenvalue weighted by Gasteiger charge is 2.15. The Morgan fingerprint density at radius 1 is 1.00 bits per heavy atom. The quantitative estimate of drug-likeness (QED) is 0.843. The molecule has 0 saturated heterocycles. The molecule has 2 heteroatoms. The van der Waals surface area contributed by atoms with Crippen LogP contribution in [0.3, 0.4) is 0 Å². The average molecular weight is 285 g/mol. The molecule has 2 rings (SSSR count). The standard InChI is InChI=1S/C18H23NS/c1-14-9-7-8-12-17(14)18(19-13-15(2)20-3)16-10-5-4-6-11-16/h4-12,15,18-19H,13H2,1-3H3. The van der Waals surface area contributed by atoms with Gasteiger partial charge in [-0.05, 0) is 29.9 Å². The number of aryl methyl sites for hydroxylation is 1. The lowest BCUT2D eigenvalue weighted by Gasteiger charge is -2.23. The van der Waals surface area contributed by atoms with Gasteiger partial charge < -0.3 is 5.32 Å². The molecule has 0 aliphatic carbocycles. The first-order valence-electron chi connectivity index (χ1n) is 7.09. The van der Waals surface area contributed by atoms with E-state index in [1.165, 1.54) is 16.7 Å². The molecule has 0 aliphatic heterocycles. The summed E-state index contributed by atoms with van der Waals surface area (Å²) in [7, 11) is 0. The van der Waals surface area contributed by atoms with Crippen LogP contribution in [0.2, 0.25) is 0 Å². The number of rotatable bonds is 6. The fourth-order valence-electron chi connectivity index (χ4n) is 2.33. The zero-order valence-electron chi connectivity index (χ0n) is 12.5. The van der Waals surface area contributed by atoms with Gasteiger partial charge in [-0.2, -0.15) is 11.8 Å². The van der Waals surface area contributed by atoms with Crippen LogP contribution in [0.5, 0.6) is 0 Å². The summed E-state index contributed by atoms with van der Waals surface area (Å²) in [5, 5.41) is 4.34. The van der Waals surface area contributed by atoms with Crippen LogP contribution in [0.1, 0.15) is 29.7 Å². The maximum absolute atomic E-state index is 3.72. The van der Waals surface area contributed by atoms with E-state index >= 15 is 0 Å². The second kappa shape index (κ2) is 7.51. The van der Waals surface area contributed by atoms with Crippen molar-refractivity contribution in [3.63, 3.8) is 0 Å². The van der Waals surface area contributed by atoms with Crippen molar-refractivity contribution in [3.05, 3.63) is 71.3 Å². The van der Waals surface area contributed by atoms with Crippen LogP contribution in [0.25, 0.3) is 0 Å². The van der Waals surface area contributed by atoms with Gasteiger partial charge >= 0.3 is 0 Å². The van der Waals surface area contributed by atoms with Crippen molar-refractivity contribution in [2.24, 2.45) is 0 Å². The summed E-state index contributed by atoms with van der Waals surface area (Å²) in [6.07, 6.45) is 2.16. The van der Waals surface area contributed by atoms with Crippen LogP contribution >= 0.6 is 11.8 Å². The highest BCUT2D eigenvalue weighted by Crippen LogP contribution is 2.25. The lowest BCUT2D eigenvalue weighted by atomic mass is 9.95. The molecule has 106 valence electrons. The highest BCUT2D eigenvalue weighted by atomic mass is 32.2. The monoisotopic (exact) mass is 285 g/mol. The van der Waals surface area contributed by atoms with Crippen molar-refractivity contribution in [1.82, 2.24) is 5.32 Å². The van der Waals surface area contributed by atoms with Crippen molar-refractivity contribution in [2.45, 2.75) is 25.1 Å². The summed E-state index contributed by atoms with van der Waals surface area (Å²) in [6.45, 7) is 5.46. The van der Waals surface area contributed by atoms with Crippen LogP contribution in [-0.4, -0.2) is 18.1 Å². The third kappa shape index (κ3) is 3.87. The van der Waals surface area contributed by atoms with Crippen LogP contribution < -0.4 is 5.32 Å². The molecule has 0 heterocycles. The van der Waals surface area contributed by atoms with E-state index in [1.54, 1.807) is 0 Å². The molecule has 0 amide bonds. The van der Waals surface area contributed by atoms with Gasteiger partial charge in [-0.3, -0.25) is 0 Å². The van der Waals surface area contributed by atoms with Gasteiger partial charge in [0.1, 0.15) is 0 Å². The van der Waals surface area contributed by atoms with E-state index in [0.29, 0.717) is 5.25 Å². The molecule has 0 saturated carbocycles. The van der Waals surface area contributed by atoms with E-state index in [1.807, 2.05) is 11.8 Å². The first-order chi connectivity index (χ1) is 9.72. The van der Waals surface area contributed by atoms with Gasteiger partial charge in [0.05, 0.1) is 6.04 Å². The second-order valence-corrected chi connectivity index (χ2v) is 6.43. The fraction of sp³-hybridized carbons (Fsp3) is 0.333. The van der Waals surface area contributed by atoms with Gasteiger partial charge in [0, 0.05) is 11.8 Å². The Bertz CT molecular complexity index is 524. The van der Waals surface area contributed by atoms with Crippen LogP contribution in [0, 0.1) is 6.92 Å². The topological polar surface area (TPSA) is 12.0 Å². The average Bonchev–Trinajstić information content (AvgIpc) is 2.50. The Balaban J connectivity index is 2.27. The minimum Gasteiger partial charge on any atom is -0.305 e. The zero-order chi connectivity index (χ0) is 14.4. The zero-order valence-corrected chi connectivity index (χ0v) is 13.3. The molecule has 0 aromatic heterocycles. The lowest BCUT2D eigenvalue weighted by Crippen LogP contribution is -2.28. The third-order valence-electron chi connectivity index (χ3n) is 3.64. The Kier molecular flexibility index (Phi) is 5.69. The van der Waals surface area contributed by atoms with E-state index in [0.717, 1.165) is 6.54 Å². The van der Waals surface area contributed by atoms with Crippen molar-refractivity contribution in [1.29, 1.82) is 0 Å². The summed E-state index contributed by atoms with van der Waals surface area (Å²) in [5.41, 5.74) is 4.03. The smallest absolute Gasteiger partial charge is 0.0579 e. The summed E-state index contributed by atoms with van der Waals surface area (Å²) < 4.78 is 0. The number of hydrogen-bond donors (Lipinski definition) is 1. The molecular formula is C18H23NS. The van der Waals surface area contributed by atoms with Gasteiger partial charge in [-0.1, -0.05) is 61.5 Å². The molecular weight excluding hydrogens is 262 g/mol. The fourth-order valence-corrected chi connectivity index (χ4v) is 2.59. The molecule has 0 aliphatic rings. The molecule has 1 N–H and O–H groups in total. The molecule has 20 heavy (non-hydrogen) atoms. The normalized spacial score (nSPS) is 13.9. The van der Waals surface area contributed by atoms with Crippen molar-refractivity contribution >= 4 is 11.8 Å². The molecule has 0 radical (unpaired) electrons. The summed E-state index contributed by atoms with van der Waals surface area (Å²) >= 11 is 1.90. The van der Waals surface area contributed by atoms with Crippen LogP contribution in [0.4, 0.5) is 0 Å². The highest BCUT2D eigenvalue weighted by molar-refractivity contribution is 7.99. The Morgan fingerprint density at radius 3 is 2.30 bits per heavy atom. The van der Waals surface area contributed by atoms with E-state index in [2.05, 4.69) is 80.0 Å². The maximum atomic E-state index is 3.72. The Labute approximate surface area is 126 Å². The SMILES string of the molecule is CSC(C)CNC(c1ccccc1)c1ccccc1C. The first-order valence-corrected chi connectivity index (χ1v) is 8.38. The third-order valence-corrected chi connectivity index (χ3v) is 4.62. The molecule has 0 fully saturated rings. The van der Waals surface area contributed by atoms with Crippen molar-refractivity contribution in [3.8, 4) is 0 Å². The summed E-state index contributed by atoms with van der Waals surface area (Å²) in [5.74, 6) is 0. The molecule has 2 unspecified atom stereocenters. The van der Waals surface area contributed by atoms with E-state index in [4.69, 9.17) is 0 Å². The van der Waals surface area contributed by atoms with Gasteiger partial charge in [0.15, 0.2) is 0 Å². The van der Waals surface area contributed by atoms with Crippen LogP contribution in [-0.2, 0) is 0 Å². The Morgan fingerprint density at radius 2 is 1.65 bits per heavy atom.